The topological polar surface area (TPSA) is 107 Å². The second kappa shape index (κ2) is 8.30. The van der Waals surface area contributed by atoms with Gasteiger partial charge in [0.2, 0.25) is 10.0 Å². The Hall–Kier alpha value is -3.20. The largest absolute Gasteiger partial charge is 0.497 e. The average Bonchev–Trinajstić information content (AvgIpc) is 2.74. The molecule has 0 unspecified atom stereocenters. The Kier molecular flexibility index (Phi) is 5.44. The van der Waals surface area contributed by atoms with Gasteiger partial charge in [0.15, 0.2) is 0 Å². The predicted octanol–water partition coefficient (Wildman–Crippen LogP) is 3.69. The Morgan fingerprint density at radius 2 is 2.03 bits per heavy atom. The first-order valence-electron chi connectivity index (χ1n) is 11.1. The highest BCUT2D eigenvalue weighted by molar-refractivity contribution is 7.92. The van der Waals surface area contributed by atoms with Gasteiger partial charge in [-0.05, 0) is 42.9 Å². The summed E-state index contributed by atoms with van der Waals surface area (Å²) in [6, 6.07) is 11.4. The molecule has 0 amide bonds. The minimum atomic E-state index is -3.34. The fourth-order valence-corrected chi connectivity index (χ4v) is 5.05. The molecule has 3 N–H and O–H groups in total. The van der Waals surface area contributed by atoms with Crippen molar-refractivity contribution >= 4 is 38.1 Å². The number of nitrogen functional groups attached to an aromatic ring is 1. The van der Waals surface area contributed by atoms with Crippen LogP contribution in [0.1, 0.15) is 30.4 Å². The maximum Gasteiger partial charge on any atom is 0.229 e. The zero-order chi connectivity index (χ0) is 23.2. The molecule has 33 heavy (non-hydrogen) atoms. The number of nitrogens with one attached hydrogen (secondary N) is 1. The van der Waals surface area contributed by atoms with Crippen LogP contribution < -0.4 is 24.8 Å². The minimum absolute atomic E-state index is 0.215. The first-order valence-corrected chi connectivity index (χ1v) is 13.0. The van der Waals surface area contributed by atoms with Gasteiger partial charge in [-0.1, -0.05) is 12.1 Å². The summed E-state index contributed by atoms with van der Waals surface area (Å²) in [5, 5.41) is 0.809. The fourth-order valence-electron chi connectivity index (χ4n) is 4.46. The number of nitrogens with zero attached hydrogens (tertiary/aromatic N) is 2. The van der Waals surface area contributed by atoms with Crippen LogP contribution in [0.2, 0.25) is 0 Å². The molecule has 2 heterocycles. The van der Waals surface area contributed by atoms with Crippen LogP contribution in [0.25, 0.3) is 10.9 Å². The summed E-state index contributed by atoms with van der Waals surface area (Å²) in [6.45, 7) is 1.31. The molecule has 1 aliphatic carbocycles. The van der Waals surface area contributed by atoms with Crippen molar-refractivity contribution in [3.8, 4) is 11.5 Å². The highest BCUT2D eigenvalue weighted by Gasteiger charge is 2.24. The summed E-state index contributed by atoms with van der Waals surface area (Å²) in [5.74, 6) is 2.17. The van der Waals surface area contributed by atoms with Crippen molar-refractivity contribution in [2.75, 3.05) is 35.3 Å². The van der Waals surface area contributed by atoms with Crippen molar-refractivity contribution in [3.05, 3.63) is 47.5 Å². The molecule has 8 nitrogen and oxygen atoms in total. The van der Waals surface area contributed by atoms with Gasteiger partial charge in [-0.2, -0.15) is 0 Å². The molecule has 5 rings (SSSR count). The molecule has 1 fully saturated rings. The summed E-state index contributed by atoms with van der Waals surface area (Å²) >= 11 is 0. The van der Waals surface area contributed by atoms with Gasteiger partial charge in [-0.3, -0.25) is 4.72 Å². The fraction of sp³-hybridized carbons (Fsp3) is 0.375. The lowest BCUT2D eigenvalue weighted by molar-refractivity contribution is 0.122. The van der Waals surface area contributed by atoms with E-state index in [-0.39, 0.29) is 6.10 Å². The van der Waals surface area contributed by atoms with Crippen LogP contribution in [0.15, 0.2) is 36.4 Å². The number of fused-ring (bicyclic) bond motifs is 2. The van der Waals surface area contributed by atoms with Crippen LogP contribution in [-0.4, -0.2) is 39.4 Å². The molecule has 0 radical (unpaired) electrons. The highest BCUT2D eigenvalue weighted by Crippen LogP contribution is 2.39. The number of hydrogen-bond acceptors (Lipinski definition) is 7. The summed E-state index contributed by atoms with van der Waals surface area (Å²) in [5.41, 5.74) is 10.6. The summed E-state index contributed by atoms with van der Waals surface area (Å²) in [6.07, 6.45) is 5.36. The van der Waals surface area contributed by atoms with Crippen molar-refractivity contribution in [2.45, 2.75) is 38.3 Å². The minimum Gasteiger partial charge on any atom is -0.497 e. The van der Waals surface area contributed by atoms with Gasteiger partial charge in [0, 0.05) is 37.0 Å². The van der Waals surface area contributed by atoms with E-state index in [1.807, 2.05) is 30.3 Å². The van der Waals surface area contributed by atoms with Gasteiger partial charge in [0.25, 0.3) is 0 Å². The Balaban J connectivity index is 1.49. The number of pyridine rings is 1. The van der Waals surface area contributed by atoms with E-state index < -0.39 is 10.0 Å². The molecule has 1 aromatic heterocycles. The van der Waals surface area contributed by atoms with E-state index in [1.165, 1.54) is 12.7 Å². The molecule has 1 saturated carbocycles. The van der Waals surface area contributed by atoms with E-state index in [1.54, 1.807) is 13.2 Å². The average molecular weight is 469 g/mol. The van der Waals surface area contributed by atoms with E-state index in [9.17, 15) is 8.42 Å². The number of methoxy groups -OCH3 is 1. The van der Waals surface area contributed by atoms with Gasteiger partial charge in [-0.25, -0.2) is 13.4 Å². The molecule has 1 aliphatic heterocycles. The molecule has 3 aromatic rings. The summed E-state index contributed by atoms with van der Waals surface area (Å²) < 4.78 is 37.8. The Bertz CT molecular complexity index is 1320. The highest BCUT2D eigenvalue weighted by atomic mass is 32.2. The Morgan fingerprint density at radius 3 is 2.73 bits per heavy atom. The standard InChI is InChI=1S/C24H28N4O4S/c1-31-17-11-21-24(22(12-17)32-16-6-4-7-16)19(25)13-23(26-21)28-10-9-18-15(14-28)5-3-8-20(18)27-33(2,29)30/h3,5,8,11-13,16,27H,4,6-7,9-10,14H2,1-2H3,(H2,25,26). The van der Waals surface area contributed by atoms with Crippen molar-refractivity contribution in [1.29, 1.82) is 0 Å². The maximum atomic E-state index is 11.7. The molecular formula is C24H28N4O4S. The lowest BCUT2D eigenvalue weighted by Crippen LogP contribution is -2.32. The molecule has 0 atom stereocenters. The zero-order valence-corrected chi connectivity index (χ0v) is 19.6. The third-order valence-electron chi connectivity index (χ3n) is 6.33. The van der Waals surface area contributed by atoms with Crippen molar-refractivity contribution in [2.24, 2.45) is 0 Å². The molecule has 9 heteroatoms. The van der Waals surface area contributed by atoms with E-state index >= 15 is 0 Å². The van der Waals surface area contributed by atoms with Crippen LogP contribution in [0.5, 0.6) is 11.5 Å². The lowest BCUT2D eigenvalue weighted by Gasteiger charge is -2.31. The van der Waals surface area contributed by atoms with Gasteiger partial charge in [-0.15, -0.1) is 0 Å². The number of hydrogen-bond donors (Lipinski definition) is 2. The number of anilines is 3. The number of nitrogens with two attached hydrogens (primary N) is 1. The Labute approximate surface area is 193 Å². The first kappa shape index (κ1) is 21.6. The van der Waals surface area contributed by atoms with E-state index in [4.69, 9.17) is 20.2 Å². The van der Waals surface area contributed by atoms with Crippen LogP contribution in [0.4, 0.5) is 17.2 Å². The van der Waals surface area contributed by atoms with Crippen molar-refractivity contribution in [1.82, 2.24) is 4.98 Å². The quantitative estimate of drug-likeness (QED) is 0.568. The molecule has 174 valence electrons. The number of aromatic nitrogens is 1. The second-order valence-electron chi connectivity index (χ2n) is 8.75. The van der Waals surface area contributed by atoms with Crippen LogP contribution in [0, 0.1) is 0 Å². The van der Waals surface area contributed by atoms with Gasteiger partial charge >= 0.3 is 0 Å². The van der Waals surface area contributed by atoms with Crippen molar-refractivity contribution < 1.29 is 17.9 Å². The number of sulfonamides is 1. The number of rotatable bonds is 6. The Morgan fingerprint density at radius 1 is 1.21 bits per heavy atom. The van der Waals surface area contributed by atoms with Gasteiger partial charge in [0.05, 0.1) is 36.1 Å². The normalized spacial score (nSPS) is 16.2. The summed E-state index contributed by atoms with van der Waals surface area (Å²) in [4.78, 5) is 7.07. The van der Waals surface area contributed by atoms with Crippen LogP contribution in [0.3, 0.4) is 0 Å². The first-order chi connectivity index (χ1) is 15.8. The third-order valence-corrected chi connectivity index (χ3v) is 6.92. The van der Waals surface area contributed by atoms with E-state index in [0.29, 0.717) is 42.4 Å². The van der Waals surface area contributed by atoms with Crippen LogP contribution >= 0.6 is 0 Å². The molecule has 0 saturated heterocycles. The van der Waals surface area contributed by atoms with E-state index in [0.717, 1.165) is 40.7 Å². The molecule has 0 bridgehead atoms. The molecule has 0 spiro atoms. The van der Waals surface area contributed by atoms with Gasteiger partial charge < -0.3 is 20.1 Å². The molecular weight excluding hydrogens is 440 g/mol. The lowest BCUT2D eigenvalue weighted by atomic mass is 9.96. The summed E-state index contributed by atoms with van der Waals surface area (Å²) in [7, 11) is -1.71. The van der Waals surface area contributed by atoms with Crippen molar-refractivity contribution in [3.63, 3.8) is 0 Å². The number of benzene rings is 2. The monoisotopic (exact) mass is 468 g/mol. The SMILES string of the molecule is COc1cc(OC2CCC2)c2c(N)cc(N3CCc4c(cccc4NS(C)(=O)=O)C3)nc2c1. The maximum absolute atomic E-state index is 11.7. The zero-order valence-electron chi connectivity index (χ0n) is 18.8. The van der Waals surface area contributed by atoms with Crippen LogP contribution in [-0.2, 0) is 23.0 Å². The second-order valence-corrected chi connectivity index (χ2v) is 10.5. The third kappa shape index (κ3) is 4.37. The molecule has 2 aromatic carbocycles. The van der Waals surface area contributed by atoms with Gasteiger partial charge in [0.1, 0.15) is 17.3 Å². The number of ether oxygens (including phenoxy) is 2. The smallest absolute Gasteiger partial charge is 0.229 e. The predicted molar refractivity (Wildman–Crippen MR) is 131 cm³/mol. The van der Waals surface area contributed by atoms with E-state index in [2.05, 4.69) is 9.62 Å². The molecule has 2 aliphatic rings.